The minimum absolute atomic E-state index is 0.0406. The number of H-pyrrole nitrogens is 1. The number of rotatable bonds is 10. The highest BCUT2D eigenvalue weighted by molar-refractivity contribution is 5.63. The van der Waals surface area contributed by atoms with Crippen LogP contribution in [-0.4, -0.2) is 27.6 Å². The Kier molecular flexibility index (Phi) is 7.45. The van der Waals surface area contributed by atoms with Gasteiger partial charge in [0.25, 0.3) is 11.2 Å². The summed E-state index contributed by atoms with van der Waals surface area (Å²) in [6.45, 7) is 0.869. The summed E-state index contributed by atoms with van der Waals surface area (Å²) in [6.07, 6.45) is 0. The summed E-state index contributed by atoms with van der Waals surface area (Å²) < 4.78 is 7.07. The molecule has 3 aromatic carbocycles. The second kappa shape index (κ2) is 11.0. The molecule has 4 rings (SSSR count). The van der Waals surface area contributed by atoms with Gasteiger partial charge in [0.15, 0.2) is 0 Å². The monoisotopic (exact) mass is 487 g/mol. The first kappa shape index (κ1) is 24.3. The summed E-state index contributed by atoms with van der Waals surface area (Å²) in [6, 6.07) is 24.7. The maximum atomic E-state index is 12.9. The van der Waals surface area contributed by atoms with E-state index < -0.39 is 16.2 Å². The van der Waals surface area contributed by atoms with Crippen LogP contribution in [0.1, 0.15) is 11.1 Å². The number of hydrogen-bond acceptors (Lipinski definition) is 7. The zero-order valence-electron chi connectivity index (χ0n) is 19.4. The number of nitrogens with one attached hydrogen (secondary N) is 1. The molecule has 0 atom stereocenters. The molecular formula is C26H25N5O5. The van der Waals surface area contributed by atoms with E-state index in [-0.39, 0.29) is 36.9 Å². The molecule has 0 amide bonds. The number of nitrogen functional groups attached to an aromatic ring is 1. The first-order chi connectivity index (χ1) is 17.4. The Hall–Kier alpha value is -4.86. The third-order valence-electron chi connectivity index (χ3n) is 5.59. The van der Waals surface area contributed by atoms with Crippen LogP contribution in [0.5, 0.6) is 5.75 Å². The molecule has 184 valence electrons. The number of anilines is 2. The Morgan fingerprint density at radius 3 is 2.28 bits per heavy atom. The Morgan fingerprint density at radius 1 is 0.944 bits per heavy atom. The molecule has 10 nitrogen and oxygen atoms in total. The fraction of sp³-hybridized carbons (Fsp3) is 0.154. The van der Waals surface area contributed by atoms with Crippen molar-refractivity contribution in [2.75, 3.05) is 23.8 Å². The second-order valence-corrected chi connectivity index (χ2v) is 8.07. The molecule has 0 aliphatic rings. The largest absolute Gasteiger partial charge is 0.491 e. The molecule has 0 unspecified atom stereocenters. The quantitative estimate of drug-likeness (QED) is 0.259. The Balaban J connectivity index is 1.64. The topological polar surface area (TPSA) is 136 Å². The Morgan fingerprint density at radius 2 is 1.61 bits per heavy atom. The molecule has 0 bridgehead atoms. The average molecular weight is 488 g/mol. The summed E-state index contributed by atoms with van der Waals surface area (Å²) in [7, 11) is 0. The third-order valence-corrected chi connectivity index (χ3v) is 5.59. The van der Waals surface area contributed by atoms with Crippen molar-refractivity contribution in [3.05, 3.63) is 127 Å². The van der Waals surface area contributed by atoms with Gasteiger partial charge in [-0.1, -0.05) is 66.7 Å². The standard InChI is InChI=1S/C26H25N5O5/c27-24-23(25(32)28-26(33)30(24)18-20-10-5-2-6-11-20)29(17-19-8-3-1-4-9-19)14-15-36-22-13-7-12-21(16-22)31(34)35/h1-13,16H,14-15,17-18,27H2,(H,28,32,33). The summed E-state index contributed by atoms with van der Waals surface area (Å²) >= 11 is 0. The second-order valence-electron chi connectivity index (χ2n) is 8.07. The average Bonchev–Trinajstić information content (AvgIpc) is 2.88. The highest BCUT2D eigenvalue weighted by Gasteiger charge is 2.20. The molecule has 0 saturated heterocycles. The molecule has 0 radical (unpaired) electrons. The number of aromatic amines is 1. The number of nitrogens with two attached hydrogens (primary N) is 1. The number of non-ortho nitro benzene ring substituents is 1. The lowest BCUT2D eigenvalue weighted by molar-refractivity contribution is -0.384. The van der Waals surface area contributed by atoms with Crippen LogP contribution in [0.2, 0.25) is 0 Å². The molecule has 0 aliphatic heterocycles. The van der Waals surface area contributed by atoms with Gasteiger partial charge in [0.2, 0.25) is 0 Å². The van der Waals surface area contributed by atoms with Gasteiger partial charge in [0.1, 0.15) is 23.9 Å². The van der Waals surface area contributed by atoms with E-state index in [4.69, 9.17) is 10.5 Å². The highest BCUT2D eigenvalue weighted by Crippen LogP contribution is 2.22. The summed E-state index contributed by atoms with van der Waals surface area (Å²) in [5, 5.41) is 11.1. The van der Waals surface area contributed by atoms with Gasteiger partial charge >= 0.3 is 5.69 Å². The molecular weight excluding hydrogens is 462 g/mol. The van der Waals surface area contributed by atoms with Gasteiger partial charge in [-0.25, -0.2) is 4.79 Å². The summed E-state index contributed by atoms with van der Waals surface area (Å²) in [4.78, 5) is 40.2. The van der Waals surface area contributed by atoms with Crippen LogP contribution in [0.3, 0.4) is 0 Å². The number of nitro benzene ring substituents is 1. The van der Waals surface area contributed by atoms with Crippen molar-refractivity contribution in [3.8, 4) is 5.75 Å². The lowest BCUT2D eigenvalue weighted by atomic mass is 10.2. The third kappa shape index (κ3) is 5.79. The van der Waals surface area contributed by atoms with E-state index >= 15 is 0 Å². The number of ether oxygens (including phenoxy) is 1. The van der Waals surface area contributed by atoms with Gasteiger partial charge in [-0.15, -0.1) is 0 Å². The summed E-state index contributed by atoms with van der Waals surface area (Å²) in [5.41, 5.74) is 7.05. The Bertz CT molecular complexity index is 1450. The molecule has 0 saturated carbocycles. The fourth-order valence-corrected chi connectivity index (χ4v) is 3.84. The van der Waals surface area contributed by atoms with Crippen LogP contribution >= 0.6 is 0 Å². The lowest BCUT2D eigenvalue weighted by Gasteiger charge is -2.26. The molecule has 0 fully saturated rings. The summed E-state index contributed by atoms with van der Waals surface area (Å²) in [5.74, 6) is 0.374. The molecule has 3 N–H and O–H groups in total. The van der Waals surface area contributed by atoms with Gasteiger partial charge in [0, 0.05) is 12.6 Å². The number of hydrogen-bond donors (Lipinski definition) is 2. The fourth-order valence-electron chi connectivity index (χ4n) is 3.84. The predicted molar refractivity (Wildman–Crippen MR) is 137 cm³/mol. The number of benzene rings is 3. The van der Waals surface area contributed by atoms with Crippen LogP contribution < -0.4 is 26.6 Å². The van der Waals surface area contributed by atoms with Gasteiger partial charge < -0.3 is 15.4 Å². The first-order valence-electron chi connectivity index (χ1n) is 11.2. The molecule has 36 heavy (non-hydrogen) atoms. The number of nitrogens with zero attached hydrogens (tertiary/aromatic N) is 3. The van der Waals surface area contributed by atoms with Crippen LogP contribution in [-0.2, 0) is 13.1 Å². The van der Waals surface area contributed by atoms with Crippen molar-refractivity contribution >= 4 is 17.2 Å². The van der Waals surface area contributed by atoms with Crippen molar-refractivity contribution < 1.29 is 9.66 Å². The molecule has 1 heterocycles. The minimum Gasteiger partial charge on any atom is -0.491 e. The molecule has 1 aromatic heterocycles. The van der Waals surface area contributed by atoms with Crippen LogP contribution in [0.25, 0.3) is 0 Å². The molecule has 4 aromatic rings. The van der Waals surface area contributed by atoms with E-state index in [0.29, 0.717) is 12.3 Å². The van der Waals surface area contributed by atoms with E-state index in [2.05, 4.69) is 4.98 Å². The van der Waals surface area contributed by atoms with Crippen molar-refractivity contribution in [1.29, 1.82) is 0 Å². The first-order valence-corrected chi connectivity index (χ1v) is 11.2. The van der Waals surface area contributed by atoms with Crippen molar-refractivity contribution in [3.63, 3.8) is 0 Å². The predicted octanol–water partition coefficient (Wildman–Crippen LogP) is 3.16. The smallest absolute Gasteiger partial charge is 0.330 e. The van der Waals surface area contributed by atoms with E-state index in [0.717, 1.165) is 11.1 Å². The molecule has 0 aliphatic carbocycles. The maximum Gasteiger partial charge on any atom is 0.330 e. The maximum absolute atomic E-state index is 12.9. The normalized spacial score (nSPS) is 10.7. The molecule has 0 spiro atoms. The van der Waals surface area contributed by atoms with Gasteiger partial charge in [-0.3, -0.25) is 24.5 Å². The molecule has 10 heteroatoms. The van der Waals surface area contributed by atoms with Gasteiger partial charge in [-0.2, -0.15) is 0 Å². The van der Waals surface area contributed by atoms with E-state index in [9.17, 15) is 19.7 Å². The van der Waals surface area contributed by atoms with Gasteiger partial charge in [-0.05, 0) is 17.2 Å². The van der Waals surface area contributed by atoms with E-state index in [1.54, 1.807) is 11.0 Å². The van der Waals surface area contributed by atoms with Crippen LogP contribution in [0.15, 0.2) is 94.5 Å². The minimum atomic E-state index is -0.604. The van der Waals surface area contributed by atoms with Crippen molar-refractivity contribution in [2.45, 2.75) is 13.1 Å². The lowest BCUT2D eigenvalue weighted by Crippen LogP contribution is -2.39. The number of nitro groups is 1. The number of aromatic nitrogens is 2. The SMILES string of the molecule is Nc1c(N(CCOc2cccc([N+](=O)[O-])c2)Cc2ccccc2)c(=O)[nH]c(=O)n1Cc1ccccc1. The highest BCUT2D eigenvalue weighted by atomic mass is 16.6. The van der Waals surface area contributed by atoms with E-state index in [1.807, 2.05) is 60.7 Å². The zero-order chi connectivity index (χ0) is 25.5. The van der Waals surface area contributed by atoms with Crippen molar-refractivity contribution in [1.82, 2.24) is 9.55 Å². The zero-order valence-corrected chi connectivity index (χ0v) is 19.4. The Labute approximate surface area is 206 Å². The van der Waals surface area contributed by atoms with Crippen LogP contribution in [0, 0.1) is 10.1 Å². The van der Waals surface area contributed by atoms with Gasteiger partial charge in [0.05, 0.1) is 24.1 Å². The van der Waals surface area contributed by atoms with E-state index in [1.165, 1.54) is 22.8 Å². The van der Waals surface area contributed by atoms with Crippen LogP contribution in [0.4, 0.5) is 17.2 Å². The van der Waals surface area contributed by atoms with Crippen molar-refractivity contribution in [2.24, 2.45) is 0 Å².